The van der Waals surface area contributed by atoms with E-state index >= 15 is 0 Å². The van der Waals surface area contributed by atoms with Crippen molar-refractivity contribution in [2.24, 2.45) is 7.05 Å². The van der Waals surface area contributed by atoms with Crippen LogP contribution < -0.4 is 0 Å². The second kappa shape index (κ2) is 6.05. The minimum absolute atomic E-state index is 0.438. The molecule has 0 saturated carbocycles. The second-order valence-electron chi connectivity index (χ2n) is 4.05. The van der Waals surface area contributed by atoms with E-state index in [1.54, 1.807) is 4.68 Å². The van der Waals surface area contributed by atoms with Crippen LogP contribution in [0.1, 0.15) is 18.3 Å². The topological polar surface area (TPSA) is 17.8 Å². The molecule has 2 rings (SSSR count). The summed E-state index contributed by atoms with van der Waals surface area (Å²) in [6.45, 7) is 2.03. The molecule has 0 aliphatic heterocycles. The second-order valence-corrected chi connectivity index (χ2v) is 5.86. The molecule has 1 aromatic heterocycles. The highest BCUT2D eigenvalue weighted by molar-refractivity contribution is 9.10. The Morgan fingerprint density at radius 3 is 2.68 bits per heavy atom. The molecule has 2 aromatic rings. The summed E-state index contributed by atoms with van der Waals surface area (Å²) >= 11 is 4.84. The van der Waals surface area contributed by atoms with Gasteiger partial charge in [-0.3, -0.25) is 4.68 Å². The molecular weight excluding hydrogens is 334 g/mol. The number of thioether (sulfide) groups is 1. The number of hydrogen-bond donors (Lipinski definition) is 0. The van der Waals surface area contributed by atoms with Gasteiger partial charge in [0.25, 0.3) is 0 Å². The third-order valence-electron chi connectivity index (χ3n) is 2.76. The number of aromatic nitrogens is 2. The third kappa shape index (κ3) is 3.17. The molecule has 19 heavy (non-hydrogen) atoms. The van der Waals surface area contributed by atoms with Crippen LogP contribution in [0.5, 0.6) is 0 Å². The van der Waals surface area contributed by atoms with Crippen LogP contribution in [0.3, 0.4) is 0 Å². The van der Waals surface area contributed by atoms with E-state index < -0.39 is 11.6 Å². The molecule has 0 aliphatic rings. The van der Waals surface area contributed by atoms with Crippen LogP contribution in [0.25, 0.3) is 0 Å². The largest absolute Gasteiger partial charge is 0.270 e. The lowest BCUT2D eigenvalue weighted by Crippen LogP contribution is -1.97. The summed E-state index contributed by atoms with van der Waals surface area (Å²) in [5, 5.41) is 4.38. The Hall–Kier alpha value is -0.880. The highest BCUT2D eigenvalue weighted by Crippen LogP contribution is 2.30. The summed E-state index contributed by atoms with van der Waals surface area (Å²) in [6.07, 6.45) is 0.837. The predicted octanol–water partition coefficient (Wildman–Crippen LogP) is 4.32. The van der Waals surface area contributed by atoms with Crippen LogP contribution in [0, 0.1) is 11.6 Å². The molecule has 0 saturated heterocycles. The van der Waals surface area contributed by atoms with Crippen molar-refractivity contribution in [1.29, 1.82) is 0 Å². The molecular formula is C13H13BrF2N2S. The van der Waals surface area contributed by atoms with Gasteiger partial charge < -0.3 is 0 Å². The molecule has 6 heteroatoms. The van der Waals surface area contributed by atoms with E-state index in [1.807, 2.05) is 14.0 Å². The highest BCUT2D eigenvalue weighted by atomic mass is 79.9. The molecule has 0 N–H and O–H groups in total. The molecule has 102 valence electrons. The monoisotopic (exact) mass is 346 g/mol. The molecule has 0 spiro atoms. The van der Waals surface area contributed by atoms with Crippen molar-refractivity contribution < 1.29 is 8.78 Å². The quantitative estimate of drug-likeness (QED) is 0.767. The van der Waals surface area contributed by atoms with E-state index in [2.05, 4.69) is 21.0 Å². The van der Waals surface area contributed by atoms with Gasteiger partial charge in [0.05, 0.1) is 15.9 Å². The summed E-state index contributed by atoms with van der Waals surface area (Å²) in [6, 6.07) is 3.62. The molecule has 0 bridgehead atoms. The SMILES string of the molecule is CCc1nn(C)c(CSc2ccc(F)cc2F)c1Br. The van der Waals surface area contributed by atoms with Gasteiger partial charge >= 0.3 is 0 Å². The Bertz CT molecular complexity index is 599. The first-order valence-electron chi connectivity index (χ1n) is 5.81. The minimum Gasteiger partial charge on any atom is -0.270 e. The fourth-order valence-electron chi connectivity index (χ4n) is 1.72. The van der Waals surface area contributed by atoms with Crippen LogP contribution in [0.15, 0.2) is 27.6 Å². The first kappa shape index (κ1) is 14.5. The molecule has 0 amide bonds. The number of halogens is 3. The van der Waals surface area contributed by atoms with Crippen LogP contribution in [-0.2, 0) is 19.2 Å². The standard InChI is InChI=1S/C13H13BrF2N2S/c1-3-10-13(14)11(18(2)17-10)7-19-12-5-4-8(15)6-9(12)16/h4-6H,3,7H2,1-2H3. The van der Waals surface area contributed by atoms with Crippen LogP contribution in [-0.4, -0.2) is 9.78 Å². The average Bonchev–Trinajstić information content (AvgIpc) is 2.64. The van der Waals surface area contributed by atoms with Gasteiger partial charge in [-0.2, -0.15) is 5.10 Å². The van der Waals surface area contributed by atoms with Gasteiger partial charge in [-0.25, -0.2) is 8.78 Å². The number of rotatable bonds is 4. The van der Waals surface area contributed by atoms with Gasteiger partial charge in [-0.15, -0.1) is 11.8 Å². The Balaban J connectivity index is 2.16. The lowest BCUT2D eigenvalue weighted by molar-refractivity contribution is 0.565. The highest BCUT2D eigenvalue weighted by Gasteiger charge is 2.13. The van der Waals surface area contributed by atoms with Crippen molar-refractivity contribution in [3.05, 3.63) is 45.7 Å². The van der Waals surface area contributed by atoms with E-state index in [4.69, 9.17) is 0 Å². The van der Waals surface area contributed by atoms with Crippen molar-refractivity contribution in [3.8, 4) is 0 Å². The predicted molar refractivity (Wildman–Crippen MR) is 76.2 cm³/mol. The van der Waals surface area contributed by atoms with Crippen molar-refractivity contribution in [2.75, 3.05) is 0 Å². The summed E-state index contributed by atoms with van der Waals surface area (Å²) < 4.78 is 29.1. The van der Waals surface area contributed by atoms with Crippen LogP contribution >= 0.6 is 27.7 Å². The number of hydrogen-bond acceptors (Lipinski definition) is 2. The van der Waals surface area contributed by atoms with Crippen molar-refractivity contribution >= 4 is 27.7 Å². The smallest absolute Gasteiger partial charge is 0.139 e. The van der Waals surface area contributed by atoms with Crippen molar-refractivity contribution in [3.63, 3.8) is 0 Å². The molecule has 1 aromatic carbocycles. The molecule has 2 nitrogen and oxygen atoms in total. The van der Waals surface area contributed by atoms with Crippen molar-refractivity contribution in [1.82, 2.24) is 9.78 Å². The van der Waals surface area contributed by atoms with E-state index in [-0.39, 0.29) is 0 Å². The molecule has 0 radical (unpaired) electrons. The van der Waals surface area contributed by atoms with Gasteiger partial charge in [0, 0.05) is 23.8 Å². The fourth-order valence-corrected chi connectivity index (χ4v) is 3.64. The van der Waals surface area contributed by atoms with Crippen LogP contribution in [0.4, 0.5) is 8.78 Å². The zero-order chi connectivity index (χ0) is 14.0. The first-order valence-corrected chi connectivity index (χ1v) is 7.59. The Kier molecular flexibility index (Phi) is 4.62. The first-order chi connectivity index (χ1) is 9.02. The van der Waals surface area contributed by atoms with E-state index in [0.717, 1.165) is 28.3 Å². The van der Waals surface area contributed by atoms with Gasteiger partial charge in [-0.05, 0) is 34.5 Å². The van der Waals surface area contributed by atoms with Gasteiger partial charge in [0.15, 0.2) is 0 Å². The lowest BCUT2D eigenvalue weighted by atomic mass is 10.3. The average molecular weight is 347 g/mol. The summed E-state index contributed by atoms with van der Waals surface area (Å²) in [5.74, 6) is -0.511. The molecule has 0 atom stereocenters. The third-order valence-corrected chi connectivity index (χ3v) is 4.74. The van der Waals surface area contributed by atoms with E-state index in [9.17, 15) is 8.78 Å². The number of aryl methyl sites for hydroxylation is 2. The van der Waals surface area contributed by atoms with E-state index in [0.29, 0.717) is 10.6 Å². The summed E-state index contributed by atoms with van der Waals surface area (Å²) in [5.41, 5.74) is 1.98. The molecule has 0 aliphatic carbocycles. The Morgan fingerprint density at radius 2 is 2.11 bits per heavy atom. The van der Waals surface area contributed by atoms with Gasteiger partial charge in [0.1, 0.15) is 11.6 Å². The minimum atomic E-state index is -0.558. The normalized spacial score (nSPS) is 11.0. The molecule has 1 heterocycles. The van der Waals surface area contributed by atoms with Crippen molar-refractivity contribution in [2.45, 2.75) is 24.0 Å². The van der Waals surface area contributed by atoms with Crippen LogP contribution in [0.2, 0.25) is 0 Å². The van der Waals surface area contributed by atoms with Gasteiger partial charge in [0.2, 0.25) is 0 Å². The number of benzene rings is 1. The maximum Gasteiger partial charge on any atom is 0.139 e. The maximum absolute atomic E-state index is 13.5. The zero-order valence-corrected chi connectivity index (χ0v) is 13.0. The van der Waals surface area contributed by atoms with Gasteiger partial charge in [-0.1, -0.05) is 6.92 Å². The fraction of sp³-hybridized carbons (Fsp3) is 0.308. The lowest BCUT2D eigenvalue weighted by Gasteiger charge is -2.04. The van der Waals surface area contributed by atoms with E-state index in [1.165, 1.54) is 23.9 Å². The Labute approximate surface area is 123 Å². The zero-order valence-electron chi connectivity index (χ0n) is 10.6. The molecule has 0 fully saturated rings. The molecule has 0 unspecified atom stereocenters. The maximum atomic E-state index is 13.5. The number of nitrogens with zero attached hydrogens (tertiary/aromatic N) is 2. The summed E-state index contributed by atoms with van der Waals surface area (Å²) in [4.78, 5) is 0.438. The Morgan fingerprint density at radius 1 is 1.37 bits per heavy atom. The summed E-state index contributed by atoms with van der Waals surface area (Å²) in [7, 11) is 1.86.